The lowest BCUT2D eigenvalue weighted by Gasteiger charge is -2.11. The van der Waals surface area contributed by atoms with E-state index < -0.39 is 0 Å². The number of nitrogens with one attached hydrogen (secondary N) is 1. The molecular weight excluding hydrogens is 388 g/mol. The lowest BCUT2D eigenvalue weighted by Crippen LogP contribution is -2.16. The van der Waals surface area contributed by atoms with Gasteiger partial charge in [-0.05, 0) is 44.0 Å². The molecule has 29 heavy (non-hydrogen) atoms. The lowest BCUT2D eigenvalue weighted by molar-refractivity contribution is -0.113. The molecule has 2 heterocycles. The molecule has 1 N–H and O–H groups in total. The maximum absolute atomic E-state index is 12.5. The zero-order chi connectivity index (χ0) is 20.5. The Morgan fingerprint density at radius 1 is 1.10 bits per heavy atom. The highest BCUT2D eigenvalue weighted by Crippen LogP contribution is 2.37. The summed E-state index contributed by atoms with van der Waals surface area (Å²) in [4.78, 5) is 29.2. The van der Waals surface area contributed by atoms with Crippen LogP contribution in [0.1, 0.15) is 28.4 Å². The number of amides is 1. The minimum Gasteiger partial charge on any atom is -0.454 e. The summed E-state index contributed by atoms with van der Waals surface area (Å²) in [5.41, 5.74) is 3.99. The fraction of sp³-hybridized carbons (Fsp3) is 0.227. The number of benzene rings is 2. The number of fused-ring (bicyclic) bond motifs is 2. The van der Waals surface area contributed by atoms with Crippen LogP contribution >= 0.6 is 11.8 Å². The van der Waals surface area contributed by atoms with E-state index >= 15 is 0 Å². The Morgan fingerprint density at radius 3 is 2.62 bits per heavy atom. The molecule has 1 aliphatic heterocycles. The van der Waals surface area contributed by atoms with Crippen LogP contribution in [-0.4, -0.2) is 29.2 Å². The number of nitrogens with zero attached hydrogens (tertiary/aromatic N) is 1. The molecule has 1 aliphatic rings. The molecule has 6 nitrogen and oxygen atoms in total. The van der Waals surface area contributed by atoms with Gasteiger partial charge in [0.25, 0.3) is 0 Å². The van der Waals surface area contributed by atoms with E-state index in [1.807, 2.05) is 32.0 Å². The number of hydrogen-bond acceptors (Lipinski definition) is 6. The predicted octanol–water partition coefficient (Wildman–Crippen LogP) is 4.51. The van der Waals surface area contributed by atoms with E-state index in [1.54, 1.807) is 12.1 Å². The molecule has 0 spiro atoms. The summed E-state index contributed by atoms with van der Waals surface area (Å²) in [5, 5.41) is 4.72. The molecule has 3 aromatic rings. The minimum absolute atomic E-state index is 0.104. The third-order valence-electron chi connectivity index (χ3n) is 4.74. The van der Waals surface area contributed by atoms with E-state index in [1.165, 1.54) is 18.7 Å². The van der Waals surface area contributed by atoms with Gasteiger partial charge in [-0.15, -0.1) is 0 Å². The number of ether oxygens (including phenoxy) is 2. The fourth-order valence-electron chi connectivity index (χ4n) is 3.27. The van der Waals surface area contributed by atoms with E-state index in [0.29, 0.717) is 22.7 Å². The van der Waals surface area contributed by atoms with Crippen molar-refractivity contribution in [3.63, 3.8) is 0 Å². The molecule has 0 unspecified atom stereocenters. The molecule has 0 saturated heterocycles. The van der Waals surface area contributed by atoms with Crippen LogP contribution < -0.4 is 14.8 Å². The number of aryl methyl sites for hydroxylation is 2. The minimum atomic E-state index is -0.222. The van der Waals surface area contributed by atoms with Gasteiger partial charge in [0, 0.05) is 17.0 Å². The molecule has 0 atom stereocenters. The van der Waals surface area contributed by atoms with Gasteiger partial charge in [-0.25, -0.2) is 4.98 Å². The van der Waals surface area contributed by atoms with Crippen LogP contribution in [-0.2, 0) is 4.79 Å². The smallest absolute Gasteiger partial charge is 0.234 e. The zero-order valence-electron chi connectivity index (χ0n) is 16.4. The molecular formula is C22H20N2O4S. The van der Waals surface area contributed by atoms with Crippen molar-refractivity contribution in [2.24, 2.45) is 0 Å². The SMILES string of the molecule is CC(=O)c1cc2c(cc1NC(=O)CSc1cc(C)c3cccc(C)c3n1)OCO2. The van der Waals surface area contributed by atoms with Crippen LogP contribution in [0.5, 0.6) is 11.5 Å². The van der Waals surface area contributed by atoms with E-state index in [2.05, 4.69) is 11.4 Å². The second-order valence-corrected chi connectivity index (χ2v) is 7.89. The summed E-state index contributed by atoms with van der Waals surface area (Å²) in [5.74, 6) is 0.818. The predicted molar refractivity (Wildman–Crippen MR) is 113 cm³/mol. The van der Waals surface area contributed by atoms with Crippen LogP contribution in [0, 0.1) is 13.8 Å². The topological polar surface area (TPSA) is 77.5 Å². The number of Topliss-reactive ketones (excluding diaryl/α,β-unsaturated/α-hetero) is 1. The third-order valence-corrected chi connectivity index (χ3v) is 5.65. The molecule has 148 valence electrons. The Morgan fingerprint density at radius 2 is 1.86 bits per heavy atom. The first-order valence-electron chi connectivity index (χ1n) is 9.16. The van der Waals surface area contributed by atoms with Crippen molar-refractivity contribution < 1.29 is 19.1 Å². The van der Waals surface area contributed by atoms with Gasteiger partial charge in [0.15, 0.2) is 17.3 Å². The second kappa shape index (κ2) is 7.75. The average molecular weight is 408 g/mol. The lowest BCUT2D eigenvalue weighted by atomic mass is 10.1. The highest BCUT2D eigenvalue weighted by Gasteiger charge is 2.20. The van der Waals surface area contributed by atoms with Crippen LogP contribution in [0.15, 0.2) is 41.4 Å². The molecule has 7 heteroatoms. The Hall–Kier alpha value is -3.06. The fourth-order valence-corrected chi connectivity index (χ4v) is 4.03. The van der Waals surface area contributed by atoms with Crippen molar-refractivity contribution in [1.29, 1.82) is 0 Å². The summed E-state index contributed by atoms with van der Waals surface area (Å²) in [6, 6.07) is 11.3. The number of carbonyl (C=O) groups is 2. The number of ketones is 1. The Kier molecular flexibility index (Phi) is 5.15. The summed E-state index contributed by atoms with van der Waals surface area (Å²) >= 11 is 1.36. The Labute approximate surface area is 172 Å². The third kappa shape index (κ3) is 3.91. The first-order chi connectivity index (χ1) is 13.9. The van der Waals surface area contributed by atoms with Crippen LogP contribution in [0.2, 0.25) is 0 Å². The maximum atomic E-state index is 12.5. The molecule has 2 aromatic carbocycles. The number of hydrogen-bond donors (Lipinski definition) is 1. The van der Waals surface area contributed by atoms with Crippen LogP contribution in [0.25, 0.3) is 10.9 Å². The molecule has 1 aromatic heterocycles. The molecule has 0 saturated carbocycles. The van der Waals surface area contributed by atoms with E-state index in [-0.39, 0.29) is 24.2 Å². The largest absolute Gasteiger partial charge is 0.454 e. The molecule has 1 amide bonds. The van der Waals surface area contributed by atoms with Gasteiger partial charge in [-0.2, -0.15) is 0 Å². The highest BCUT2D eigenvalue weighted by atomic mass is 32.2. The van der Waals surface area contributed by atoms with Gasteiger partial charge < -0.3 is 14.8 Å². The number of pyridine rings is 1. The van der Waals surface area contributed by atoms with Gasteiger partial charge in [0.05, 0.1) is 22.0 Å². The Bertz CT molecular complexity index is 1140. The summed E-state index contributed by atoms with van der Waals surface area (Å²) in [6.07, 6.45) is 0. The van der Waals surface area contributed by atoms with E-state index in [0.717, 1.165) is 27.1 Å². The summed E-state index contributed by atoms with van der Waals surface area (Å²) in [6.45, 7) is 5.62. The molecule has 0 radical (unpaired) electrons. The average Bonchev–Trinajstić information content (AvgIpc) is 3.14. The van der Waals surface area contributed by atoms with Crippen molar-refractivity contribution in [3.05, 3.63) is 53.1 Å². The first-order valence-corrected chi connectivity index (χ1v) is 10.1. The van der Waals surface area contributed by atoms with Gasteiger partial charge >= 0.3 is 0 Å². The van der Waals surface area contributed by atoms with E-state index in [9.17, 15) is 9.59 Å². The zero-order valence-corrected chi connectivity index (χ0v) is 17.2. The number of rotatable bonds is 5. The van der Waals surface area contributed by atoms with Crippen molar-refractivity contribution in [2.75, 3.05) is 17.9 Å². The monoisotopic (exact) mass is 408 g/mol. The second-order valence-electron chi connectivity index (χ2n) is 6.89. The molecule has 0 bridgehead atoms. The van der Waals surface area contributed by atoms with Crippen molar-refractivity contribution in [2.45, 2.75) is 25.8 Å². The number of aromatic nitrogens is 1. The van der Waals surface area contributed by atoms with Gasteiger partial charge in [0.2, 0.25) is 12.7 Å². The van der Waals surface area contributed by atoms with E-state index in [4.69, 9.17) is 14.5 Å². The van der Waals surface area contributed by atoms with Gasteiger partial charge in [-0.3, -0.25) is 9.59 Å². The standard InChI is InChI=1S/C22H20N2O4S/c1-12-5-4-6-15-13(2)7-21(24-22(12)15)29-10-20(26)23-17-9-19-18(27-11-28-19)8-16(17)14(3)25/h4-9H,10-11H2,1-3H3,(H,23,26). The molecule has 0 fully saturated rings. The molecule has 0 aliphatic carbocycles. The summed E-state index contributed by atoms with van der Waals surface area (Å²) in [7, 11) is 0. The first kappa shape index (κ1) is 19.3. The highest BCUT2D eigenvalue weighted by molar-refractivity contribution is 7.99. The van der Waals surface area contributed by atoms with Crippen molar-refractivity contribution in [3.8, 4) is 11.5 Å². The summed E-state index contributed by atoms with van der Waals surface area (Å²) < 4.78 is 10.7. The van der Waals surface area contributed by atoms with Gasteiger partial charge in [0.1, 0.15) is 0 Å². The Balaban J connectivity index is 1.51. The van der Waals surface area contributed by atoms with Gasteiger partial charge in [-0.1, -0.05) is 30.0 Å². The van der Waals surface area contributed by atoms with Crippen molar-refractivity contribution in [1.82, 2.24) is 4.98 Å². The normalized spacial score (nSPS) is 12.2. The quantitative estimate of drug-likeness (QED) is 0.494. The number of anilines is 1. The number of thioether (sulfide) groups is 1. The van der Waals surface area contributed by atoms with Crippen LogP contribution in [0.4, 0.5) is 5.69 Å². The van der Waals surface area contributed by atoms with Crippen molar-refractivity contribution >= 4 is 40.0 Å². The maximum Gasteiger partial charge on any atom is 0.234 e. The number of para-hydroxylation sites is 1. The van der Waals surface area contributed by atoms with Crippen LogP contribution in [0.3, 0.4) is 0 Å². The molecule has 4 rings (SSSR count). The number of carbonyl (C=O) groups excluding carboxylic acids is 2.